The van der Waals surface area contributed by atoms with Gasteiger partial charge in [-0.1, -0.05) is 6.07 Å². The first-order valence-corrected chi connectivity index (χ1v) is 5.91. The monoisotopic (exact) mass is 248 g/mol. The van der Waals surface area contributed by atoms with Gasteiger partial charge in [0.1, 0.15) is 0 Å². The third-order valence-electron chi connectivity index (χ3n) is 3.11. The predicted octanol–water partition coefficient (Wildman–Crippen LogP) is 1.42. The predicted molar refractivity (Wildman–Crippen MR) is 67.7 cm³/mol. The first-order chi connectivity index (χ1) is 8.56. The molecule has 2 N–H and O–H groups in total. The molecular weight excluding hydrogens is 232 g/mol. The van der Waals surface area contributed by atoms with Crippen molar-refractivity contribution in [1.82, 2.24) is 4.90 Å². The molecular formula is C13H16N2O3. The number of carbonyl (C=O) groups is 2. The SMILES string of the molecule is CC(=O)N1CCC(Nc2cccc(C(=O)O)c2)C1. The van der Waals surface area contributed by atoms with Crippen LogP contribution in [-0.2, 0) is 4.79 Å². The van der Waals surface area contributed by atoms with Crippen LogP contribution < -0.4 is 5.32 Å². The Morgan fingerprint density at radius 3 is 2.83 bits per heavy atom. The second-order valence-corrected chi connectivity index (χ2v) is 4.48. The summed E-state index contributed by atoms with van der Waals surface area (Å²) < 4.78 is 0. The highest BCUT2D eigenvalue weighted by atomic mass is 16.4. The molecule has 1 aromatic carbocycles. The zero-order chi connectivity index (χ0) is 13.1. The number of amides is 1. The standard InChI is InChI=1S/C13H16N2O3/c1-9(16)15-6-5-12(8-15)14-11-4-2-3-10(7-11)13(17)18/h2-4,7,12,14H,5-6,8H2,1H3,(H,17,18). The fraction of sp³-hybridized carbons (Fsp3) is 0.385. The average Bonchev–Trinajstić information content (AvgIpc) is 2.78. The van der Waals surface area contributed by atoms with Crippen LogP contribution in [0.2, 0.25) is 0 Å². The molecule has 18 heavy (non-hydrogen) atoms. The largest absolute Gasteiger partial charge is 0.478 e. The van der Waals surface area contributed by atoms with E-state index in [0.717, 1.165) is 18.7 Å². The van der Waals surface area contributed by atoms with Crippen LogP contribution in [0.1, 0.15) is 23.7 Å². The van der Waals surface area contributed by atoms with E-state index < -0.39 is 5.97 Å². The third-order valence-corrected chi connectivity index (χ3v) is 3.11. The van der Waals surface area contributed by atoms with Gasteiger partial charge in [-0.15, -0.1) is 0 Å². The number of carbonyl (C=O) groups excluding carboxylic acids is 1. The van der Waals surface area contributed by atoms with E-state index >= 15 is 0 Å². The van der Waals surface area contributed by atoms with Gasteiger partial charge in [0.15, 0.2) is 0 Å². The lowest BCUT2D eigenvalue weighted by Gasteiger charge is -2.16. The Balaban J connectivity index is 2.00. The molecule has 0 aliphatic carbocycles. The number of carboxylic acid groups (broad SMARTS) is 1. The summed E-state index contributed by atoms with van der Waals surface area (Å²) in [6, 6.07) is 6.91. The number of nitrogens with zero attached hydrogens (tertiary/aromatic N) is 1. The number of aromatic carboxylic acids is 1. The highest BCUT2D eigenvalue weighted by Crippen LogP contribution is 2.17. The highest BCUT2D eigenvalue weighted by molar-refractivity contribution is 5.88. The second kappa shape index (κ2) is 5.08. The Labute approximate surface area is 105 Å². The number of likely N-dealkylation sites (tertiary alicyclic amines) is 1. The number of benzene rings is 1. The molecule has 1 saturated heterocycles. The molecule has 96 valence electrons. The number of hydrogen-bond acceptors (Lipinski definition) is 3. The van der Waals surface area contributed by atoms with Gasteiger partial charge in [-0.2, -0.15) is 0 Å². The van der Waals surface area contributed by atoms with Crippen molar-refractivity contribution in [2.45, 2.75) is 19.4 Å². The Bertz CT molecular complexity index is 473. The molecule has 2 rings (SSSR count). The van der Waals surface area contributed by atoms with Gasteiger partial charge in [0, 0.05) is 31.7 Å². The van der Waals surface area contributed by atoms with E-state index in [-0.39, 0.29) is 17.5 Å². The zero-order valence-corrected chi connectivity index (χ0v) is 10.2. The fourth-order valence-electron chi connectivity index (χ4n) is 2.14. The van der Waals surface area contributed by atoms with Gasteiger partial charge in [-0.25, -0.2) is 4.79 Å². The van der Waals surface area contributed by atoms with Crippen LogP contribution in [0.25, 0.3) is 0 Å². The molecule has 0 spiro atoms. The van der Waals surface area contributed by atoms with Gasteiger partial charge in [0.25, 0.3) is 0 Å². The van der Waals surface area contributed by atoms with Crippen molar-refractivity contribution in [2.75, 3.05) is 18.4 Å². The average molecular weight is 248 g/mol. The lowest BCUT2D eigenvalue weighted by molar-refractivity contribution is -0.127. The van der Waals surface area contributed by atoms with Crippen molar-refractivity contribution in [3.05, 3.63) is 29.8 Å². The van der Waals surface area contributed by atoms with Gasteiger partial charge >= 0.3 is 5.97 Å². The molecule has 1 unspecified atom stereocenters. The van der Waals surface area contributed by atoms with Crippen molar-refractivity contribution in [2.24, 2.45) is 0 Å². The molecule has 0 saturated carbocycles. The minimum atomic E-state index is -0.935. The van der Waals surface area contributed by atoms with Gasteiger partial charge < -0.3 is 15.3 Å². The Morgan fingerprint density at radius 2 is 2.22 bits per heavy atom. The highest BCUT2D eigenvalue weighted by Gasteiger charge is 2.23. The van der Waals surface area contributed by atoms with Crippen molar-refractivity contribution in [1.29, 1.82) is 0 Å². The van der Waals surface area contributed by atoms with Gasteiger partial charge in [-0.05, 0) is 24.6 Å². The molecule has 1 heterocycles. The maximum Gasteiger partial charge on any atom is 0.335 e. The molecule has 1 aliphatic rings. The molecule has 0 radical (unpaired) electrons. The maximum absolute atomic E-state index is 11.2. The van der Waals surface area contributed by atoms with Crippen molar-refractivity contribution < 1.29 is 14.7 Å². The second-order valence-electron chi connectivity index (χ2n) is 4.48. The summed E-state index contributed by atoms with van der Waals surface area (Å²) in [6.07, 6.45) is 0.886. The van der Waals surface area contributed by atoms with E-state index in [4.69, 9.17) is 5.11 Å². The number of nitrogens with one attached hydrogen (secondary N) is 1. The van der Waals surface area contributed by atoms with Crippen molar-refractivity contribution >= 4 is 17.6 Å². The van der Waals surface area contributed by atoms with Gasteiger partial charge in [-0.3, -0.25) is 4.79 Å². The summed E-state index contributed by atoms with van der Waals surface area (Å²) in [5, 5.41) is 12.2. The molecule has 0 aromatic heterocycles. The Hall–Kier alpha value is -2.04. The van der Waals surface area contributed by atoms with Crippen LogP contribution in [0.4, 0.5) is 5.69 Å². The molecule has 1 atom stereocenters. The Morgan fingerprint density at radius 1 is 1.44 bits per heavy atom. The minimum Gasteiger partial charge on any atom is -0.478 e. The minimum absolute atomic E-state index is 0.0820. The summed E-state index contributed by atoms with van der Waals surface area (Å²) in [6.45, 7) is 2.99. The molecule has 1 aromatic rings. The van der Waals surface area contributed by atoms with E-state index in [1.165, 1.54) is 0 Å². The maximum atomic E-state index is 11.2. The fourth-order valence-corrected chi connectivity index (χ4v) is 2.14. The van der Waals surface area contributed by atoms with Crippen LogP contribution in [0.5, 0.6) is 0 Å². The van der Waals surface area contributed by atoms with Crippen LogP contribution in [0.3, 0.4) is 0 Å². The number of carboxylic acids is 1. The summed E-state index contributed by atoms with van der Waals surface area (Å²) in [4.78, 5) is 23.8. The van der Waals surface area contributed by atoms with E-state index in [9.17, 15) is 9.59 Å². The third kappa shape index (κ3) is 2.80. The quantitative estimate of drug-likeness (QED) is 0.848. The summed E-state index contributed by atoms with van der Waals surface area (Å²) >= 11 is 0. The number of anilines is 1. The van der Waals surface area contributed by atoms with E-state index in [2.05, 4.69) is 5.32 Å². The molecule has 1 amide bonds. The number of hydrogen-bond donors (Lipinski definition) is 2. The molecule has 1 aliphatic heterocycles. The van der Waals surface area contributed by atoms with E-state index in [1.54, 1.807) is 30.0 Å². The normalized spacial score (nSPS) is 18.7. The summed E-state index contributed by atoms with van der Waals surface area (Å²) in [5.41, 5.74) is 1.05. The molecule has 5 heteroatoms. The number of rotatable bonds is 3. The van der Waals surface area contributed by atoms with Crippen LogP contribution >= 0.6 is 0 Å². The van der Waals surface area contributed by atoms with Crippen LogP contribution in [0.15, 0.2) is 24.3 Å². The van der Waals surface area contributed by atoms with Crippen molar-refractivity contribution in [3.8, 4) is 0 Å². The summed E-state index contributed by atoms with van der Waals surface area (Å²) in [7, 11) is 0. The molecule has 5 nitrogen and oxygen atoms in total. The first-order valence-electron chi connectivity index (χ1n) is 5.91. The van der Waals surface area contributed by atoms with Crippen molar-refractivity contribution in [3.63, 3.8) is 0 Å². The Kier molecular flexibility index (Phi) is 3.50. The van der Waals surface area contributed by atoms with E-state index in [0.29, 0.717) is 6.54 Å². The summed E-state index contributed by atoms with van der Waals surface area (Å²) in [5.74, 6) is -0.853. The van der Waals surface area contributed by atoms with Gasteiger partial charge in [0.05, 0.1) is 5.56 Å². The zero-order valence-electron chi connectivity index (χ0n) is 10.2. The van der Waals surface area contributed by atoms with Gasteiger partial charge in [0.2, 0.25) is 5.91 Å². The van der Waals surface area contributed by atoms with E-state index in [1.807, 2.05) is 6.07 Å². The first kappa shape index (κ1) is 12.4. The molecule has 0 bridgehead atoms. The molecule has 1 fully saturated rings. The van der Waals surface area contributed by atoms with Crippen LogP contribution in [0, 0.1) is 0 Å². The lowest BCUT2D eigenvalue weighted by atomic mass is 10.2. The smallest absolute Gasteiger partial charge is 0.335 e. The topological polar surface area (TPSA) is 69.6 Å². The van der Waals surface area contributed by atoms with Crippen LogP contribution in [-0.4, -0.2) is 41.0 Å². The lowest BCUT2D eigenvalue weighted by Crippen LogP contribution is -2.29.